The lowest BCUT2D eigenvalue weighted by molar-refractivity contribution is -0.137. The monoisotopic (exact) mass is 552 g/mol. The molecule has 1 fully saturated rings. The zero-order valence-corrected chi connectivity index (χ0v) is 18.9. The van der Waals surface area contributed by atoms with Gasteiger partial charge in [0.15, 0.2) is 0 Å². The molecule has 0 bridgehead atoms. The summed E-state index contributed by atoms with van der Waals surface area (Å²) in [5.41, 5.74) is -0.0101. The molecule has 2 aromatic carbocycles. The van der Waals surface area contributed by atoms with Gasteiger partial charge >= 0.3 is 6.18 Å². The first-order valence-corrected chi connectivity index (χ1v) is 11.4. The van der Waals surface area contributed by atoms with Crippen LogP contribution < -0.4 is 0 Å². The van der Waals surface area contributed by atoms with Crippen molar-refractivity contribution < 1.29 is 31.5 Å². The Kier molecular flexibility index (Phi) is 7.72. The van der Waals surface area contributed by atoms with Gasteiger partial charge in [0.05, 0.1) is 22.2 Å². The number of carbonyl (C=O) groups is 1. The van der Waals surface area contributed by atoms with E-state index in [0.717, 1.165) is 17.7 Å². The molecule has 0 N–H and O–H groups in total. The van der Waals surface area contributed by atoms with Crippen LogP contribution >= 0.6 is 22.6 Å². The van der Waals surface area contributed by atoms with Gasteiger partial charge in [0.25, 0.3) is 0 Å². The smallest absolute Gasteiger partial charge is 0.370 e. The van der Waals surface area contributed by atoms with Crippen molar-refractivity contribution >= 4 is 28.4 Å². The molecule has 1 aliphatic rings. The number of Topliss-reactive ketones (excluding diaryl/α,β-unsaturated/α-hetero) is 1. The van der Waals surface area contributed by atoms with Crippen LogP contribution in [0.1, 0.15) is 54.0 Å². The minimum absolute atomic E-state index is 0.0625. The highest BCUT2D eigenvalue weighted by Crippen LogP contribution is 2.44. The van der Waals surface area contributed by atoms with Crippen molar-refractivity contribution in [3.05, 3.63) is 70.5 Å². The number of ketones is 1. The summed E-state index contributed by atoms with van der Waals surface area (Å²) in [4.78, 5) is 12.5. The molecule has 1 saturated carbocycles. The summed E-state index contributed by atoms with van der Waals surface area (Å²) in [6, 6.07) is 9.01. The second-order valence-corrected chi connectivity index (χ2v) is 8.54. The van der Waals surface area contributed by atoms with Crippen LogP contribution in [0.2, 0.25) is 0 Å². The van der Waals surface area contributed by atoms with Crippen molar-refractivity contribution in [3.8, 4) is 0 Å². The second-order valence-electron chi connectivity index (χ2n) is 7.77. The Bertz CT molecular complexity index is 913. The quantitative estimate of drug-likeness (QED) is 0.211. The summed E-state index contributed by atoms with van der Waals surface area (Å²) >= 11 is 2.01. The number of hydrogen-bond acceptors (Lipinski definition) is 2. The van der Waals surface area contributed by atoms with Gasteiger partial charge in [0, 0.05) is 11.8 Å². The van der Waals surface area contributed by atoms with Crippen molar-refractivity contribution in [3.63, 3.8) is 0 Å². The van der Waals surface area contributed by atoms with E-state index in [0.29, 0.717) is 17.3 Å². The average Bonchev–Trinajstić information content (AvgIpc) is 3.16. The molecule has 8 heteroatoms. The molecule has 0 aromatic heterocycles. The molecule has 0 amide bonds. The molecular formula is C23H22F5IO2. The molecule has 0 heterocycles. The van der Waals surface area contributed by atoms with Gasteiger partial charge in [-0.25, -0.2) is 8.78 Å². The lowest BCUT2D eigenvalue weighted by atomic mass is 9.85. The van der Waals surface area contributed by atoms with Crippen LogP contribution in [0.3, 0.4) is 0 Å². The average molecular weight is 552 g/mol. The number of alkyl halides is 5. The summed E-state index contributed by atoms with van der Waals surface area (Å²) in [5.74, 6) is -0.959. The lowest BCUT2D eigenvalue weighted by Gasteiger charge is -2.28. The number of rotatable bonds is 7. The van der Waals surface area contributed by atoms with E-state index in [1.54, 1.807) is 19.1 Å². The zero-order valence-electron chi connectivity index (χ0n) is 16.8. The van der Waals surface area contributed by atoms with Crippen LogP contribution in [0.4, 0.5) is 22.0 Å². The van der Waals surface area contributed by atoms with E-state index >= 15 is 0 Å². The van der Waals surface area contributed by atoms with E-state index in [1.807, 2.05) is 22.6 Å². The summed E-state index contributed by atoms with van der Waals surface area (Å²) in [5, 5.41) is 0. The molecule has 0 radical (unpaired) electrons. The van der Waals surface area contributed by atoms with Gasteiger partial charge < -0.3 is 4.74 Å². The molecule has 0 spiro atoms. The lowest BCUT2D eigenvalue weighted by Crippen LogP contribution is -2.26. The Morgan fingerprint density at radius 2 is 1.84 bits per heavy atom. The molecule has 2 nitrogen and oxygen atoms in total. The second kappa shape index (κ2) is 9.94. The van der Waals surface area contributed by atoms with Gasteiger partial charge in [-0.3, -0.25) is 4.79 Å². The number of hydrogen-bond donors (Lipinski definition) is 0. The van der Waals surface area contributed by atoms with Gasteiger partial charge in [-0.2, -0.15) is 13.2 Å². The number of ether oxygens (including phenoxy) is 1. The molecule has 4 atom stereocenters. The Labute approximate surface area is 191 Å². The summed E-state index contributed by atoms with van der Waals surface area (Å²) in [6.07, 6.45) is -4.63. The first-order chi connectivity index (χ1) is 14.6. The van der Waals surface area contributed by atoms with Gasteiger partial charge in [0.1, 0.15) is 18.3 Å². The number of carbonyl (C=O) groups excluding carboxylic acids is 1. The molecule has 31 heavy (non-hydrogen) atoms. The normalized spacial score (nSPS) is 22.5. The molecule has 0 aliphatic heterocycles. The Morgan fingerprint density at radius 1 is 1.16 bits per heavy atom. The van der Waals surface area contributed by atoms with Crippen molar-refractivity contribution in [1.82, 2.24) is 0 Å². The summed E-state index contributed by atoms with van der Waals surface area (Å²) in [7, 11) is 0. The van der Waals surface area contributed by atoms with Crippen molar-refractivity contribution in [2.75, 3.05) is 4.43 Å². The molecule has 1 aliphatic carbocycles. The van der Waals surface area contributed by atoms with Gasteiger partial charge in [-0.05, 0) is 60.7 Å². The molecule has 0 saturated heterocycles. The predicted octanol–water partition coefficient (Wildman–Crippen LogP) is 6.96. The Hall–Kier alpha value is -1.55. The highest BCUT2D eigenvalue weighted by atomic mass is 127. The molecular weight excluding hydrogens is 530 g/mol. The zero-order chi connectivity index (χ0) is 22.8. The first-order valence-electron chi connectivity index (χ1n) is 9.90. The van der Waals surface area contributed by atoms with E-state index in [2.05, 4.69) is 0 Å². The van der Waals surface area contributed by atoms with Gasteiger partial charge in [0.2, 0.25) is 0 Å². The van der Waals surface area contributed by atoms with Gasteiger partial charge in [-0.1, -0.05) is 40.8 Å². The number of halogens is 6. The van der Waals surface area contributed by atoms with Crippen LogP contribution in [0.15, 0.2) is 42.5 Å². The maximum atomic E-state index is 13.4. The summed E-state index contributed by atoms with van der Waals surface area (Å²) < 4.78 is 72.7. The highest BCUT2D eigenvalue weighted by molar-refractivity contribution is 14.1. The Balaban J connectivity index is 1.89. The van der Waals surface area contributed by atoms with Crippen LogP contribution in [0.5, 0.6) is 0 Å². The van der Waals surface area contributed by atoms with Crippen molar-refractivity contribution in [1.29, 1.82) is 0 Å². The summed E-state index contributed by atoms with van der Waals surface area (Å²) in [6.45, 7) is 0.601. The van der Waals surface area contributed by atoms with Crippen molar-refractivity contribution in [2.24, 2.45) is 5.92 Å². The largest absolute Gasteiger partial charge is 0.416 e. The number of benzene rings is 2. The van der Waals surface area contributed by atoms with E-state index in [-0.39, 0.29) is 28.7 Å². The van der Waals surface area contributed by atoms with E-state index in [9.17, 15) is 26.7 Å². The fraction of sp³-hybridized carbons (Fsp3) is 0.435. The third-order valence-corrected chi connectivity index (χ3v) is 6.49. The van der Waals surface area contributed by atoms with Crippen LogP contribution in [0.25, 0.3) is 0 Å². The first kappa shape index (κ1) is 24.1. The van der Waals surface area contributed by atoms with E-state index in [4.69, 9.17) is 4.74 Å². The van der Waals surface area contributed by atoms with Gasteiger partial charge in [-0.15, -0.1) is 0 Å². The fourth-order valence-corrected chi connectivity index (χ4v) is 4.81. The fourth-order valence-electron chi connectivity index (χ4n) is 4.24. The maximum absolute atomic E-state index is 13.4. The SMILES string of the molecule is C[C@@H](O[C@H]1CC[C@@H](C(=O)CI)C1c1ccc(F)cc1)c1cc(CF)cc(C(F)(F)F)c1. The molecule has 168 valence electrons. The van der Waals surface area contributed by atoms with E-state index in [1.165, 1.54) is 18.2 Å². The molecule has 3 rings (SSSR count). The van der Waals surface area contributed by atoms with E-state index < -0.39 is 36.4 Å². The highest BCUT2D eigenvalue weighted by Gasteiger charge is 2.42. The third-order valence-electron chi connectivity index (χ3n) is 5.74. The maximum Gasteiger partial charge on any atom is 0.416 e. The molecule has 2 aromatic rings. The van der Waals surface area contributed by atoms with Crippen LogP contribution in [-0.2, 0) is 22.4 Å². The standard InChI is InChI=1S/C23H22F5IO2/c1-13(16-8-14(11-24)9-17(10-16)23(26,27)28)31-21-7-6-19(20(30)12-29)22(21)15-2-4-18(25)5-3-15/h2-5,8-10,13,19,21-22H,6-7,11-12H2,1H3/t13-,19+,21+,22?/m1/s1. The third kappa shape index (κ3) is 5.63. The van der Waals surface area contributed by atoms with Crippen molar-refractivity contribution in [2.45, 2.75) is 50.7 Å². The predicted molar refractivity (Wildman–Crippen MR) is 115 cm³/mol. The topological polar surface area (TPSA) is 26.3 Å². The molecule has 1 unspecified atom stereocenters. The van der Waals surface area contributed by atoms with Crippen LogP contribution in [0, 0.1) is 11.7 Å². The van der Waals surface area contributed by atoms with Crippen LogP contribution in [-0.4, -0.2) is 16.3 Å². The Morgan fingerprint density at radius 3 is 2.42 bits per heavy atom. The minimum atomic E-state index is -4.60. The minimum Gasteiger partial charge on any atom is -0.370 e.